The van der Waals surface area contributed by atoms with Crippen molar-refractivity contribution in [1.82, 2.24) is 5.32 Å². The van der Waals surface area contributed by atoms with Crippen molar-refractivity contribution < 1.29 is 19.4 Å². The molecule has 18 heavy (non-hydrogen) atoms. The number of ether oxygens (including phenoxy) is 1. The highest BCUT2D eigenvalue weighted by molar-refractivity contribution is 5.85. The summed E-state index contributed by atoms with van der Waals surface area (Å²) >= 11 is 0. The predicted molar refractivity (Wildman–Crippen MR) is 67.1 cm³/mol. The molecule has 1 aliphatic rings. The first-order valence-electron chi connectivity index (χ1n) is 6.45. The molecular formula is C13H23NO4. The number of hydrogen-bond acceptors (Lipinski definition) is 3. The van der Waals surface area contributed by atoms with Crippen LogP contribution in [0.3, 0.4) is 0 Å². The Morgan fingerprint density at radius 2 is 2.00 bits per heavy atom. The van der Waals surface area contributed by atoms with Gasteiger partial charge >= 0.3 is 5.97 Å². The highest BCUT2D eigenvalue weighted by Crippen LogP contribution is 2.36. The van der Waals surface area contributed by atoms with Crippen LogP contribution in [0.15, 0.2) is 0 Å². The Morgan fingerprint density at radius 1 is 1.39 bits per heavy atom. The van der Waals surface area contributed by atoms with Crippen LogP contribution in [-0.2, 0) is 14.3 Å². The quantitative estimate of drug-likeness (QED) is 0.748. The van der Waals surface area contributed by atoms with Crippen molar-refractivity contribution in [1.29, 1.82) is 0 Å². The zero-order valence-electron chi connectivity index (χ0n) is 11.3. The number of methoxy groups -OCH3 is 1. The molecule has 0 aromatic heterocycles. The first-order valence-corrected chi connectivity index (χ1v) is 6.45. The number of carbonyl (C=O) groups excluding carboxylic acids is 1. The van der Waals surface area contributed by atoms with Crippen LogP contribution in [-0.4, -0.2) is 37.2 Å². The van der Waals surface area contributed by atoms with E-state index in [4.69, 9.17) is 9.84 Å². The number of nitrogens with one attached hydrogen (secondary N) is 1. The summed E-state index contributed by atoms with van der Waals surface area (Å²) in [7, 11) is 1.62. The molecule has 4 unspecified atom stereocenters. The minimum absolute atomic E-state index is 0.130. The van der Waals surface area contributed by atoms with Gasteiger partial charge in [0.05, 0.1) is 18.4 Å². The summed E-state index contributed by atoms with van der Waals surface area (Å²) in [6.07, 6.45) is 1.27. The lowest BCUT2D eigenvalue weighted by atomic mass is 9.95. The molecule has 0 bridgehead atoms. The Kier molecular flexibility index (Phi) is 5.59. The second kappa shape index (κ2) is 6.73. The van der Waals surface area contributed by atoms with Crippen molar-refractivity contribution in [2.24, 2.45) is 23.7 Å². The van der Waals surface area contributed by atoms with Crippen molar-refractivity contribution >= 4 is 11.9 Å². The van der Waals surface area contributed by atoms with Gasteiger partial charge < -0.3 is 15.2 Å². The van der Waals surface area contributed by atoms with Crippen molar-refractivity contribution in [2.45, 2.75) is 26.7 Å². The minimum Gasteiger partial charge on any atom is -0.481 e. The Labute approximate surface area is 108 Å². The molecule has 4 atom stereocenters. The third-order valence-corrected chi connectivity index (χ3v) is 3.53. The van der Waals surface area contributed by atoms with Gasteiger partial charge in [-0.15, -0.1) is 0 Å². The zero-order valence-corrected chi connectivity index (χ0v) is 11.3. The standard InChI is InChI=1S/C13H23NO4/c1-8-4-10(11(5-8)13(16)17)12(15)14-6-9(2)7-18-3/h8-11H,4-7H2,1-3H3,(H,14,15)(H,16,17). The van der Waals surface area contributed by atoms with Gasteiger partial charge in [-0.25, -0.2) is 0 Å². The SMILES string of the molecule is COCC(C)CNC(=O)C1CC(C)CC1C(=O)O. The monoisotopic (exact) mass is 257 g/mol. The molecule has 1 amide bonds. The van der Waals surface area contributed by atoms with Gasteiger partial charge in [0.15, 0.2) is 0 Å². The summed E-state index contributed by atoms with van der Waals surface area (Å²) in [5, 5.41) is 11.9. The number of carboxylic acids is 1. The average Bonchev–Trinajstić information content (AvgIpc) is 2.69. The lowest BCUT2D eigenvalue weighted by Gasteiger charge is -2.17. The van der Waals surface area contributed by atoms with Gasteiger partial charge in [-0.2, -0.15) is 0 Å². The Hall–Kier alpha value is -1.10. The summed E-state index contributed by atoms with van der Waals surface area (Å²) in [5.41, 5.74) is 0. The molecule has 5 heteroatoms. The van der Waals surface area contributed by atoms with E-state index < -0.39 is 11.9 Å². The first-order chi connectivity index (χ1) is 8.45. The molecule has 0 heterocycles. The maximum absolute atomic E-state index is 12.0. The molecule has 0 aromatic carbocycles. The van der Waals surface area contributed by atoms with E-state index in [2.05, 4.69) is 5.32 Å². The lowest BCUT2D eigenvalue weighted by molar-refractivity contribution is -0.146. The van der Waals surface area contributed by atoms with E-state index in [0.717, 1.165) is 0 Å². The number of amides is 1. The molecule has 0 radical (unpaired) electrons. The molecular weight excluding hydrogens is 234 g/mol. The molecule has 1 aliphatic carbocycles. The van der Waals surface area contributed by atoms with E-state index in [-0.39, 0.29) is 17.7 Å². The van der Waals surface area contributed by atoms with E-state index in [1.54, 1.807) is 7.11 Å². The maximum Gasteiger partial charge on any atom is 0.307 e. The Balaban J connectivity index is 2.47. The van der Waals surface area contributed by atoms with Crippen LogP contribution in [0.2, 0.25) is 0 Å². The van der Waals surface area contributed by atoms with E-state index in [1.165, 1.54) is 0 Å². The van der Waals surface area contributed by atoms with Crippen molar-refractivity contribution in [3.8, 4) is 0 Å². The van der Waals surface area contributed by atoms with Crippen LogP contribution in [0.1, 0.15) is 26.7 Å². The molecule has 0 spiro atoms. The second-order valence-corrected chi connectivity index (χ2v) is 5.43. The van der Waals surface area contributed by atoms with Gasteiger partial charge in [0.1, 0.15) is 0 Å². The molecule has 0 aromatic rings. The number of aliphatic carboxylic acids is 1. The molecule has 2 N–H and O–H groups in total. The number of carboxylic acid groups (broad SMARTS) is 1. The lowest BCUT2D eigenvalue weighted by Crippen LogP contribution is -2.38. The highest BCUT2D eigenvalue weighted by atomic mass is 16.5. The van der Waals surface area contributed by atoms with Gasteiger partial charge in [-0.1, -0.05) is 13.8 Å². The van der Waals surface area contributed by atoms with Crippen molar-refractivity contribution in [2.75, 3.05) is 20.3 Å². The molecule has 5 nitrogen and oxygen atoms in total. The van der Waals surface area contributed by atoms with Crippen molar-refractivity contribution in [3.63, 3.8) is 0 Å². The highest BCUT2D eigenvalue weighted by Gasteiger charge is 2.41. The van der Waals surface area contributed by atoms with E-state index in [9.17, 15) is 9.59 Å². The van der Waals surface area contributed by atoms with Gasteiger partial charge in [-0.3, -0.25) is 9.59 Å². The number of rotatable bonds is 6. The van der Waals surface area contributed by atoms with Gasteiger partial charge in [0, 0.05) is 13.7 Å². The van der Waals surface area contributed by atoms with Crippen molar-refractivity contribution in [3.05, 3.63) is 0 Å². The van der Waals surface area contributed by atoms with Crippen LogP contribution in [0.25, 0.3) is 0 Å². The minimum atomic E-state index is -0.857. The number of hydrogen-bond donors (Lipinski definition) is 2. The van der Waals surface area contributed by atoms with Crippen LogP contribution < -0.4 is 5.32 Å². The van der Waals surface area contributed by atoms with Gasteiger partial charge in [0.2, 0.25) is 5.91 Å². The number of carbonyl (C=O) groups is 2. The van der Waals surface area contributed by atoms with Crippen LogP contribution in [0.4, 0.5) is 0 Å². The van der Waals surface area contributed by atoms with Crippen LogP contribution in [0, 0.1) is 23.7 Å². The van der Waals surface area contributed by atoms with E-state index in [1.807, 2.05) is 13.8 Å². The topological polar surface area (TPSA) is 75.6 Å². The molecule has 1 saturated carbocycles. The smallest absolute Gasteiger partial charge is 0.307 e. The third-order valence-electron chi connectivity index (χ3n) is 3.53. The fraction of sp³-hybridized carbons (Fsp3) is 0.846. The summed E-state index contributed by atoms with van der Waals surface area (Å²) in [4.78, 5) is 23.1. The molecule has 0 saturated heterocycles. The summed E-state index contributed by atoms with van der Waals surface area (Å²) in [6, 6.07) is 0. The molecule has 1 fully saturated rings. The summed E-state index contributed by atoms with van der Waals surface area (Å²) < 4.78 is 4.99. The first kappa shape index (κ1) is 15.0. The average molecular weight is 257 g/mol. The fourth-order valence-electron chi connectivity index (χ4n) is 2.60. The third kappa shape index (κ3) is 3.98. The second-order valence-electron chi connectivity index (χ2n) is 5.43. The summed E-state index contributed by atoms with van der Waals surface area (Å²) in [6.45, 7) is 5.10. The normalized spacial score (nSPS) is 28.9. The fourth-order valence-corrected chi connectivity index (χ4v) is 2.60. The Morgan fingerprint density at radius 3 is 2.56 bits per heavy atom. The summed E-state index contributed by atoms with van der Waals surface area (Å²) in [5.74, 6) is -1.36. The largest absolute Gasteiger partial charge is 0.481 e. The molecule has 104 valence electrons. The molecule has 0 aliphatic heterocycles. The predicted octanol–water partition coefficient (Wildman–Crippen LogP) is 1.13. The van der Waals surface area contributed by atoms with Gasteiger partial charge in [0.25, 0.3) is 0 Å². The van der Waals surface area contributed by atoms with E-state index in [0.29, 0.717) is 31.9 Å². The zero-order chi connectivity index (χ0) is 13.7. The Bertz CT molecular complexity index is 305. The van der Waals surface area contributed by atoms with Gasteiger partial charge in [-0.05, 0) is 24.7 Å². The van der Waals surface area contributed by atoms with Crippen LogP contribution >= 0.6 is 0 Å². The van der Waals surface area contributed by atoms with Crippen LogP contribution in [0.5, 0.6) is 0 Å². The van der Waals surface area contributed by atoms with E-state index >= 15 is 0 Å². The molecule has 1 rings (SSSR count). The maximum atomic E-state index is 12.0.